The molecule has 0 aliphatic rings. The van der Waals surface area contributed by atoms with Gasteiger partial charge in [0.1, 0.15) is 5.78 Å². The van der Waals surface area contributed by atoms with E-state index in [1.54, 1.807) is 0 Å². The summed E-state index contributed by atoms with van der Waals surface area (Å²) in [6.45, 7) is 9.71. The summed E-state index contributed by atoms with van der Waals surface area (Å²) in [6, 6.07) is 0.451. The largest absolute Gasteiger partial charge is 0.309 e. The molecule has 0 spiro atoms. The third kappa shape index (κ3) is 6.47. The van der Waals surface area contributed by atoms with Crippen LogP contribution in [0.4, 0.5) is 0 Å². The van der Waals surface area contributed by atoms with Crippen LogP contribution in [0.1, 0.15) is 52.7 Å². The van der Waals surface area contributed by atoms with Gasteiger partial charge in [0.05, 0.1) is 5.69 Å². The molecule has 0 aromatic carbocycles. The first kappa shape index (κ1) is 15.8. The van der Waals surface area contributed by atoms with E-state index in [1.807, 2.05) is 24.7 Å². The van der Waals surface area contributed by atoms with E-state index in [0.717, 1.165) is 31.6 Å². The molecule has 1 rings (SSSR count). The van der Waals surface area contributed by atoms with Gasteiger partial charge in [-0.1, -0.05) is 32.9 Å². The number of rotatable bonds is 9. The number of Topliss-reactive ketones (excluding diaryl/α,β-unsaturated/α-hetero) is 1. The van der Waals surface area contributed by atoms with Gasteiger partial charge in [-0.15, -0.1) is 5.10 Å². The Labute approximate surface area is 115 Å². The molecule has 0 unspecified atom stereocenters. The van der Waals surface area contributed by atoms with Crippen LogP contribution in [-0.4, -0.2) is 26.8 Å². The van der Waals surface area contributed by atoms with Crippen molar-refractivity contribution in [2.45, 2.75) is 66.1 Å². The number of carbonyl (C=O) groups excluding carboxylic acids is 1. The van der Waals surface area contributed by atoms with E-state index in [0.29, 0.717) is 18.2 Å². The third-order valence-electron chi connectivity index (χ3n) is 2.98. The van der Waals surface area contributed by atoms with E-state index >= 15 is 0 Å². The molecule has 0 bridgehead atoms. The van der Waals surface area contributed by atoms with Crippen molar-refractivity contribution in [3.8, 4) is 0 Å². The third-order valence-corrected chi connectivity index (χ3v) is 2.98. The lowest BCUT2D eigenvalue weighted by molar-refractivity contribution is -0.122. The maximum absolute atomic E-state index is 11.5. The SMILES string of the molecule is CC(C)NCc1cn(CCCCC(=O)C(C)C)nn1. The number of nitrogens with one attached hydrogen (secondary N) is 1. The highest BCUT2D eigenvalue weighted by Gasteiger charge is 2.06. The fourth-order valence-corrected chi connectivity index (χ4v) is 1.70. The predicted octanol–water partition coefficient (Wildman–Crippen LogP) is 2.17. The Hall–Kier alpha value is -1.23. The maximum Gasteiger partial charge on any atom is 0.135 e. The van der Waals surface area contributed by atoms with E-state index < -0.39 is 0 Å². The highest BCUT2D eigenvalue weighted by molar-refractivity contribution is 5.80. The van der Waals surface area contributed by atoms with Crippen molar-refractivity contribution in [1.82, 2.24) is 20.3 Å². The average Bonchev–Trinajstić information content (AvgIpc) is 2.79. The molecule has 108 valence electrons. The van der Waals surface area contributed by atoms with Crippen LogP contribution in [0, 0.1) is 5.92 Å². The first-order valence-corrected chi connectivity index (χ1v) is 7.14. The number of aromatic nitrogens is 3. The molecule has 5 heteroatoms. The Morgan fingerprint density at radius 1 is 1.32 bits per heavy atom. The molecule has 0 radical (unpaired) electrons. The van der Waals surface area contributed by atoms with Crippen molar-refractivity contribution in [2.24, 2.45) is 5.92 Å². The smallest absolute Gasteiger partial charge is 0.135 e. The Bertz CT molecular complexity index is 385. The molecule has 1 N–H and O–H groups in total. The van der Waals surface area contributed by atoms with Crippen LogP contribution >= 0.6 is 0 Å². The van der Waals surface area contributed by atoms with E-state index in [4.69, 9.17) is 0 Å². The first-order valence-electron chi connectivity index (χ1n) is 7.14. The lowest BCUT2D eigenvalue weighted by atomic mass is 10.0. The predicted molar refractivity (Wildman–Crippen MR) is 75.7 cm³/mol. The second kappa shape index (κ2) is 8.04. The average molecular weight is 266 g/mol. The molecule has 1 aromatic rings. The summed E-state index contributed by atoms with van der Waals surface area (Å²) in [7, 11) is 0. The molecule has 19 heavy (non-hydrogen) atoms. The standard InChI is InChI=1S/C14H26N4O/c1-11(2)14(19)7-5-6-8-18-10-13(16-17-18)9-15-12(3)4/h10-12,15H,5-9H2,1-4H3. The quantitative estimate of drug-likeness (QED) is 0.696. The minimum Gasteiger partial charge on any atom is -0.309 e. The molecule has 0 fully saturated rings. The van der Waals surface area contributed by atoms with Crippen molar-refractivity contribution in [3.05, 3.63) is 11.9 Å². The highest BCUT2D eigenvalue weighted by Crippen LogP contribution is 2.05. The Balaban J connectivity index is 2.21. The summed E-state index contributed by atoms with van der Waals surface area (Å²) < 4.78 is 1.86. The van der Waals surface area contributed by atoms with Crippen LogP contribution in [0.3, 0.4) is 0 Å². The van der Waals surface area contributed by atoms with Gasteiger partial charge in [-0.05, 0) is 12.8 Å². The van der Waals surface area contributed by atoms with Gasteiger partial charge in [0.25, 0.3) is 0 Å². The number of nitrogens with zero attached hydrogens (tertiary/aromatic N) is 3. The Morgan fingerprint density at radius 3 is 2.68 bits per heavy atom. The zero-order valence-electron chi connectivity index (χ0n) is 12.5. The van der Waals surface area contributed by atoms with Gasteiger partial charge < -0.3 is 5.32 Å². The zero-order chi connectivity index (χ0) is 14.3. The van der Waals surface area contributed by atoms with Crippen molar-refractivity contribution in [1.29, 1.82) is 0 Å². The van der Waals surface area contributed by atoms with Gasteiger partial charge in [0.15, 0.2) is 0 Å². The number of hydrogen-bond acceptors (Lipinski definition) is 4. The summed E-state index contributed by atoms with van der Waals surface area (Å²) in [5.74, 6) is 0.500. The molecule has 0 saturated heterocycles. The maximum atomic E-state index is 11.5. The van der Waals surface area contributed by atoms with Crippen molar-refractivity contribution >= 4 is 5.78 Å². The number of hydrogen-bond donors (Lipinski definition) is 1. The molecule has 0 aliphatic heterocycles. The van der Waals surface area contributed by atoms with Crippen LogP contribution in [0.5, 0.6) is 0 Å². The Morgan fingerprint density at radius 2 is 2.05 bits per heavy atom. The topological polar surface area (TPSA) is 59.8 Å². The van der Waals surface area contributed by atoms with E-state index in [1.165, 1.54) is 0 Å². The highest BCUT2D eigenvalue weighted by atomic mass is 16.1. The van der Waals surface area contributed by atoms with Crippen molar-refractivity contribution in [2.75, 3.05) is 0 Å². The molecule has 1 heterocycles. The molecular weight excluding hydrogens is 240 g/mol. The second-order valence-electron chi connectivity index (χ2n) is 5.59. The number of unbranched alkanes of at least 4 members (excludes halogenated alkanes) is 1. The second-order valence-corrected chi connectivity index (χ2v) is 5.59. The van der Waals surface area contributed by atoms with Gasteiger partial charge >= 0.3 is 0 Å². The van der Waals surface area contributed by atoms with Crippen LogP contribution < -0.4 is 5.32 Å². The van der Waals surface area contributed by atoms with Crippen LogP contribution in [0.2, 0.25) is 0 Å². The summed E-state index contributed by atoms with van der Waals surface area (Å²) in [6.07, 6.45) is 4.54. The molecule has 0 aliphatic carbocycles. The van der Waals surface area contributed by atoms with Crippen LogP contribution in [0.15, 0.2) is 6.20 Å². The van der Waals surface area contributed by atoms with Crippen molar-refractivity contribution in [3.63, 3.8) is 0 Å². The lowest BCUT2D eigenvalue weighted by Crippen LogP contribution is -2.21. The molecule has 1 aromatic heterocycles. The van der Waals surface area contributed by atoms with Gasteiger partial charge in [-0.3, -0.25) is 9.48 Å². The number of ketones is 1. The van der Waals surface area contributed by atoms with Gasteiger partial charge in [-0.25, -0.2) is 0 Å². The first-order chi connectivity index (χ1) is 8.99. The summed E-state index contributed by atoms with van der Waals surface area (Å²) in [5.41, 5.74) is 0.965. The molecule has 0 amide bonds. The summed E-state index contributed by atoms with van der Waals surface area (Å²) in [4.78, 5) is 11.5. The fraction of sp³-hybridized carbons (Fsp3) is 0.786. The van der Waals surface area contributed by atoms with Crippen LogP contribution in [-0.2, 0) is 17.9 Å². The van der Waals surface area contributed by atoms with E-state index in [9.17, 15) is 4.79 Å². The van der Waals surface area contributed by atoms with E-state index in [-0.39, 0.29) is 5.92 Å². The van der Waals surface area contributed by atoms with Gasteiger partial charge in [0.2, 0.25) is 0 Å². The minimum absolute atomic E-state index is 0.153. The zero-order valence-corrected chi connectivity index (χ0v) is 12.5. The minimum atomic E-state index is 0.153. The number of carbonyl (C=O) groups is 1. The van der Waals surface area contributed by atoms with Crippen LogP contribution in [0.25, 0.3) is 0 Å². The lowest BCUT2D eigenvalue weighted by Gasteiger charge is -2.04. The normalized spacial score (nSPS) is 11.5. The number of aryl methyl sites for hydroxylation is 1. The van der Waals surface area contributed by atoms with Crippen molar-refractivity contribution < 1.29 is 4.79 Å². The Kier molecular flexibility index (Phi) is 6.70. The monoisotopic (exact) mass is 266 g/mol. The summed E-state index contributed by atoms with van der Waals surface area (Å²) in [5, 5.41) is 11.5. The van der Waals surface area contributed by atoms with E-state index in [2.05, 4.69) is 29.5 Å². The molecular formula is C14H26N4O. The molecule has 0 saturated carbocycles. The summed E-state index contributed by atoms with van der Waals surface area (Å²) >= 11 is 0. The molecule has 5 nitrogen and oxygen atoms in total. The molecule has 0 atom stereocenters. The van der Waals surface area contributed by atoms with Gasteiger partial charge in [-0.2, -0.15) is 0 Å². The van der Waals surface area contributed by atoms with Gasteiger partial charge in [0, 0.05) is 37.7 Å². The fourth-order valence-electron chi connectivity index (χ4n) is 1.70.